The normalized spacial score (nSPS) is 14.2. The molecule has 1 aliphatic rings. The Balaban J connectivity index is 2.68. The highest BCUT2D eigenvalue weighted by molar-refractivity contribution is 5.73. The summed E-state index contributed by atoms with van der Waals surface area (Å²) in [4.78, 5) is 38.8. The zero-order valence-corrected chi connectivity index (χ0v) is 39.3. The first kappa shape index (κ1) is 56.2. The molecule has 0 aliphatic carbocycles. The van der Waals surface area contributed by atoms with Crippen molar-refractivity contribution in [1.29, 1.82) is 0 Å². The molecule has 60 heavy (non-hydrogen) atoms. The van der Waals surface area contributed by atoms with Crippen LogP contribution in [0.5, 0.6) is 0 Å². The van der Waals surface area contributed by atoms with Gasteiger partial charge in [0.1, 0.15) is 19.8 Å². The zero-order valence-electron chi connectivity index (χ0n) is 39.3. The molecule has 1 unspecified atom stereocenters. The standard InChI is InChI=1S/C49H93NO10/c1-5-9-13-17-21-25-35-54-47(55-36-26-22-18-14-10-6-2)31-29-45(51)58-40-43(42-60-49(53)44-33-34-50-39-44)41-59-46(52)30-32-48(56-37-27-23-19-15-11-7-3)57-38-28-24-20-16-12-8-4/h43-44,47-48,50H,5-42H2,1-4H3. The summed E-state index contributed by atoms with van der Waals surface area (Å²) in [5.74, 6) is -1.76. The van der Waals surface area contributed by atoms with Crippen LogP contribution < -0.4 is 5.32 Å². The summed E-state index contributed by atoms with van der Waals surface area (Å²) in [7, 11) is 0. The highest BCUT2D eigenvalue weighted by Crippen LogP contribution is 2.16. The molecule has 0 radical (unpaired) electrons. The van der Waals surface area contributed by atoms with Gasteiger partial charge in [-0.3, -0.25) is 14.4 Å². The van der Waals surface area contributed by atoms with Crippen LogP contribution in [-0.2, 0) is 47.5 Å². The Morgan fingerprint density at radius 3 is 1.13 bits per heavy atom. The topological polar surface area (TPSA) is 128 Å². The summed E-state index contributed by atoms with van der Waals surface area (Å²) in [5, 5.41) is 3.19. The van der Waals surface area contributed by atoms with Gasteiger partial charge in [0, 0.05) is 45.8 Å². The van der Waals surface area contributed by atoms with Crippen LogP contribution in [-0.4, -0.2) is 89.8 Å². The zero-order chi connectivity index (χ0) is 43.6. The van der Waals surface area contributed by atoms with E-state index in [2.05, 4.69) is 33.0 Å². The predicted molar refractivity (Wildman–Crippen MR) is 241 cm³/mol. The molecule has 1 aliphatic heterocycles. The Kier molecular flexibility index (Phi) is 39.8. The molecule has 11 heteroatoms. The number of carbonyl (C=O) groups is 3. The van der Waals surface area contributed by atoms with Gasteiger partial charge < -0.3 is 38.5 Å². The van der Waals surface area contributed by atoms with Gasteiger partial charge in [0.05, 0.1) is 24.7 Å². The lowest BCUT2D eigenvalue weighted by Crippen LogP contribution is -2.29. The van der Waals surface area contributed by atoms with Crippen molar-refractivity contribution >= 4 is 17.9 Å². The number of ether oxygens (including phenoxy) is 7. The van der Waals surface area contributed by atoms with E-state index in [0.717, 1.165) is 64.3 Å². The summed E-state index contributed by atoms with van der Waals surface area (Å²) in [5.41, 5.74) is 0. The molecule has 0 spiro atoms. The molecule has 1 heterocycles. The van der Waals surface area contributed by atoms with Crippen LogP contribution >= 0.6 is 0 Å². The largest absolute Gasteiger partial charge is 0.465 e. The van der Waals surface area contributed by atoms with Gasteiger partial charge in [-0.1, -0.05) is 156 Å². The lowest BCUT2D eigenvalue weighted by atomic mass is 10.1. The molecule has 0 aromatic heterocycles. The molecular weight excluding hydrogens is 763 g/mol. The Bertz CT molecular complexity index is 882. The number of hydrogen-bond acceptors (Lipinski definition) is 11. The van der Waals surface area contributed by atoms with Crippen molar-refractivity contribution in [2.75, 3.05) is 59.3 Å². The Labute approximate surface area is 367 Å². The molecule has 0 aromatic carbocycles. The summed E-state index contributed by atoms with van der Waals surface area (Å²) in [6, 6.07) is 0. The van der Waals surface area contributed by atoms with E-state index in [1.54, 1.807) is 0 Å². The van der Waals surface area contributed by atoms with Crippen molar-refractivity contribution in [2.24, 2.45) is 11.8 Å². The fourth-order valence-electron chi connectivity index (χ4n) is 7.17. The second-order valence-corrected chi connectivity index (χ2v) is 17.0. The molecule has 1 saturated heterocycles. The van der Waals surface area contributed by atoms with E-state index >= 15 is 0 Å². The number of rotatable bonds is 45. The first-order valence-electron chi connectivity index (χ1n) is 25.1. The van der Waals surface area contributed by atoms with Crippen LogP contribution in [0.4, 0.5) is 0 Å². The molecule has 354 valence electrons. The Morgan fingerprint density at radius 2 is 0.800 bits per heavy atom. The van der Waals surface area contributed by atoms with E-state index in [9.17, 15) is 14.4 Å². The predicted octanol–water partition coefficient (Wildman–Crippen LogP) is 11.6. The van der Waals surface area contributed by atoms with Crippen molar-refractivity contribution < 1.29 is 47.5 Å². The lowest BCUT2D eigenvalue weighted by molar-refractivity contribution is -0.164. The van der Waals surface area contributed by atoms with Crippen LogP contribution in [0.25, 0.3) is 0 Å². The maximum absolute atomic E-state index is 13.0. The van der Waals surface area contributed by atoms with E-state index in [4.69, 9.17) is 33.2 Å². The molecule has 0 amide bonds. The summed E-state index contributed by atoms with van der Waals surface area (Å²) >= 11 is 0. The average Bonchev–Trinajstić information content (AvgIpc) is 3.81. The molecular formula is C49H93NO10. The maximum Gasteiger partial charge on any atom is 0.310 e. The minimum Gasteiger partial charge on any atom is -0.465 e. The third-order valence-electron chi connectivity index (χ3n) is 11.2. The highest BCUT2D eigenvalue weighted by atomic mass is 16.7. The Morgan fingerprint density at radius 1 is 0.467 bits per heavy atom. The van der Waals surface area contributed by atoms with Crippen molar-refractivity contribution in [2.45, 2.75) is 226 Å². The third kappa shape index (κ3) is 34.8. The summed E-state index contributed by atoms with van der Waals surface area (Å²) in [6.07, 6.45) is 29.0. The first-order chi connectivity index (χ1) is 29.4. The minimum atomic E-state index is -0.497. The van der Waals surface area contributed by atoms with Crippen LogP contribution in [0.3, 0.4) is 0 Å². The van der Waals surface area contributed by atoms with Gasteiger partial charge in [-0.25, -0.2) is 0 Å². The van der Waals surface area contributed by atoms with Crippen LogP contribution in [0.2, 0.25) is 0 Å². The van der Waals surface area contributed by atoms with Gasteiger partial charge in [0.25, 0.3) is 0 Å². The molecule has 0 bridgehead atoms. The number of nitrogens with one attached hydrogen (secondary N) is 1. The van der Waals surface area contributed by atoms with E-state index in [0.29, 0.717) is 45.8 Å². The quantitative estimate of drug-likeness (QED) is 0.0272. The van der Waals surface area contributed by atoms with Crippen molar-refractivity contribution in [3.63, 3.8) is 0 Å². The van der Waals surface area contributed by atoms with Crippen LogP contribution in [0.15, 0.2) is 0 Å². The van der Waals surface area contributed by atoms with Gasteiger partial charge in [-0.05, 0) is 38.6 Å². The van der Waals surface area contributed by atoms with Gasteiger partial charge >= 0.3 is 17.9 Å². The molecule has 1 rings (SSSR count). The van der Waals surface area contributed by atoms with Gasteiger partial charge in [-0.2, -0.15) is 0 Å². The molecule has 0 aromatic rings. The van der Waals surface area contributed by atoms with E-state index in [-0.39, 0.29) is 56.5 Å². The van der Waals surface area contributed by atoms with Crippen molar-refractivity contribution in [3.8, 4) is 0 Å². The number of unbranched alkanes of at least 4 members (excludes halogenated alkanes) is 20. The first-order valence-corrected chi connectivity index (χ1v) is 25.1. The van der Waals surface area contributed by atoms with Crippen LogP contribution in [0, 0.1) is 11.8 Å². The summed E-state index contributed by atoms with van der Waals surface area (Å²) in [6.45, 7) is 12.6. The monoisotopic (exact) mass is 856 g/mol. The van der Waals surface area contributed by atoms with E-state index in [1.165, 1.54) is 103 Å². The van der Waals surface area contributed by atoms with Crippen molar-refractivity contribution in [1.82, 2.24) is 5.32 Å². The number of hydrogen-bond donors (Lipinski definition) is 1. The molecule has 11 nitrogen and oxygen atoms in total. The van der Waals surface area contributed by atoms with E-state index < -0.39 is 18.5 Å². The fourth-order valence-corrected chi connectivity index (χ4v) is 7.17. The molecule has 1 atom stereocenters. The maximum atomic E-state index is 13.0. The second-order valence-electron chi connectivity index (χ2n) is 17.0. The number of esters is 3. The summed E-state index contributed by atoms with van der Waals surface area (Å²) < 4.78 is 41.5. The van der Waals surface area contributed by atoms with Crippen molar-refractivity contribution in [3.05, 3.63) is 0 Å². The fraction of sp³-hybridized carbons (Fsp3) is 0.939. The molecule has 0 saturated carbocycles. The lowest BCUT2D eigenvalue weighted by Gasteiger charge is -2.21. The second kappa shape index (κ2) is 42.5. The molecule has 1 fully saturated rings. The number of carbonyl (C=O) groups excluding carboxylic acids is 3. The van der Waals surface area contributed by atoms with Gasteiger partial charge in [0.15, 0.2) is 12.6 Å². The minimum absolute atomic E-state index is 0.00733. The smallest absolute Gasteiger partial charge is 0.310 e. The highest BCUT2D eigenvalue weighted by Gasteiger charge is 2.26. The average molecular weight is 856 g/mol. The van der Waals surface area contributed by atoms with Gasteiger partial charge in [0.2, 0.25) is 0 Å². The Hall–Kier alpha value is -1.79. The SMILES string of the molecule is CCCCCCCCOC(CCC(=O)OCC(COC(=O)CCC(OCCCCCCCC)OCCCCCCCC)COC(=O)C1CCNC1)OCCCCCCCC. The van der Waals surface area contributed by atoms with Gasteiger partial charge in [-0.15, -0.1) is 0 Å². The molecule has 1 N–H and O–H groups in total. The van der Waals surface area contributed by atoms with E-state index in [1.807, 2.05) is 0 Å². The van der Waals surface area contributed by atoms with Crippen LogP contribution in [0.1, 0.15) is 214 Å². The third-order valence-corrected chi connectivity index (χ3v) is 11.2.